The second-order valence-corrected chi connectivity index (χ2v) is 5.55. The predicted octanol–water partition coefficient (Wildman–Crippen LogP) is 3.12. The largest absolute Gasteiger partial charge is 0.376 e. The fraction of sp³-hybridized carbons (Fsp3) is 0.462. The quantitative estimate of drug-likeness (QED) is 0.829. The average molecular weight is 250 g/mol. The van der Waals surface area contributed by atoms with Crippen LogP contribution in [0.25, 0.3) is 11.0 Å². The molecule has 3 nitrogen and oxygen atoms in total. The number of benzene rings is 1. The first-order chi connectivity index (χ1) is 8.22. The molecule has 92 valence electrons. The fourth-order valence-corrected chi connectivity index (χ4v) is 2.93. The third-order valence-electron chi connectivity index (χ3n) is 2.69. The lowest BCUT2D eigenvalue weighted by molar-refractivity contribution is 0.205. The lowest BCUT2D eigenvalue weighted by Crippen LogP contribution is -1.99. The van der Waals surface area contributed by atoms with Crippen LogP contribution < -0.4 is 0 Å². The van der Waals surface area contributed by atoms with E-state index in [1.54, 1.807) is 11.8 Å². The Balaban J connectivity index is 2.21. The van der Waals surface area contributed by atoms with Gasteiger partial charge in [0.05, 0.1) is 11.0 Å². The number of para-hydroxylation sites is 2. The first-order valence-corrected chi connectivity index (χ1v) is 6.90. The molecular formula is C13H18N2OS. The Morgan fingerprint density at radius 2 is 2.12 bits per heavy atom. The Morgan fingerprint density at radius 3 is 2.82 bits per heavy atom. The zero-order valence-electron chi connectivity index (χ0n) is 10.3. The van der Waals surface area contributed by atoms with Crippen molar-refractivity contribution >= 4 is 22.8 Å². The van der Waals surface area contributed by atoms with Crippen molar-refractivity contribution in [1.82, 2.24) is 9.55 Å². The molecule has 0 aliphatic carbocycles. The van der Waals surface area contributed by atoms with Crippen molar-refractivity contribution in [3.63, 3.8) is 0 Å². The van der Waals surface area contributed by atoms with Gasteiger partial charge in [-0.1, -0.05) is 37.7 Å². The van der Waals surface area contributed by atoms with Gasteiger partial charge in [0.15, 0.2) is 5.16 Å². The number of thioether (sulfide) groups is 1. The summed E-state index contributed by atoms with van der Waals surface area (Å²) >= 11 is 1.72. The maximum absolute atomic E-state index is 9.42. The molecule has 1 aromatic carbocycles. The monoisotopic (exact) mass is 250 g/mol. The molecule has 2 aromatic rings. The molecule has 0 amide bonds. The Labute approximate surface area is 106 Å². The molecular weight excluding hydrogens is 232 g/mol. The molecule has 0 saturated heterocycles. The highest BCUT2D eigenvalue weighted by Gasteiger charge is 2.09. The number of aromatic nitrogens is 2. The van der Waals surface area contributed by atoms with Crippen molar-refractivity contribution in [3.8, 4) is 0 Å². The minimum absolute atomic E-state index is 0.00940. The number of hydrogen-bond acceptors (Lipinski definition) is 3. The second kappa shape index (κ2) is 5.56. The lowest BCUT2D eigenvalue weighted by Gasteiger charge is -2.06. The topological polar surface area (TPSA) is 38.0 Å². The highest BCUT2D eigenvalue weighted by atomic mass is 32.2. The van der Waals surface area contributed by atoms with E-state index in [0.29, 0.717) is 5.92 Å². The number of nitrogens with zero attached hydrogens (tertiary/aromatic N) is 2. The Hall–Kier alpha value is -1.00. The van der Waals surface area contributed by atoms with E-state index in [9.17, 15) is 5.11 Å². The Morgan fingerprint density at radius 1 is 1.35 bits per heavy atom. The lowest BCUT2D eigenvalue weighted by atomic mass is 10.2. The van der Waals surface area contributed by atoms with Gasteiger partial charge in [0.1, 0.15) is 6.73 Å². The molecule has 0 aliphatic heterocycles. The second-order valence-electron chi connectivity index (χ2n) is 4.48. The summed E-state index contributed by atoms with van der Waals surface area (Å²) in [5.74, 6) is 1.75. The summed E-state index contributed by atoms with van der Waals surface area (Å²) in [5, 5.41) is 10.3. The van der Waals surface area contributed by atoms with Crippen molar-refractivity contribution < 1.29 is 5.11 Å². The van der Waals surface area contributed by atoms with E-state index in [2.05, 4.69) is 18.8 Å². The van der Waals surface area contributed by atoms with E-state index in [1.807, 2.05) is 28.8 Å². The molecule has 1 aromatic heterocycles. The first-order valence-electron chi connectivity index (χ1n) is 5.91. The van der Waals surface area contributed by atoms with Crippen molar-refractivity contribution in [2.75, 3.05) is 5.75 Å². The molecule has 4 heteroatoms. The van der Waals surface area contributed by atoms with Gasteiger partial charge in [-0.2, -0.15) is 0 Å². The van der Waals surface area contributed by atoms with Gasteiger partial charge < -0.3 is 5.11 Å². The number of rotatable bonds is 5. The van der Waals surface area contributed by atoms with Crippen LogP contribution in [0.3, 0.4) is 0 Å². The molecule has 0 aliphatic rings. The minimum atomic E-state index is -0.00940. The SMILES string of the molecule is CC(C)CCSc1nc2ccccc2n1CO. The molecule has 0 unspecified atom stereocenters. The van der Waals surface area contributed by atoms with Gasteiger partial charge in [-0.05, 0) is 24.5 Å². The molecule has 0 fully saturated rings. The van der Waals surface area contributed by atoms with Crippen molar-refractivity contribution in [3.05, 3.63) is 24.3 Å². The molecule has 2 rings (SSSR count). The van der Waals surface area contributed by atoms with Crippen LogP contribution in [-0.4, -0.2) is 20.4 Å². The Bertz CT molecular complexity index is 493. The third-order valence-corrected chi connectivity index (χ3v) is 3.70. The summed E-state index contributed by atoms with van der Waals surface area (Å²) < 4.78 is 1.86. The number of hydrogen-bond donors (Lipinski definition) is 1. The van der Waals surface area contributed by atoms with E-state index in [0.717, 1.165) is 21.9 Å². The summed E-state index contributed by atoms with van der Waals surface area (Å²) in [6.07, 6.45) is 1.17. The highest BCUT2D eigenvalue weighted by molar-refractivity contribution is 7.99. The summed E-state index contributed by atoms with van der Waals surface area (Å²) in [6.45, 7) is 4.43. The molecule has 0 spiro atoms. The van der Waals surface area contributed by atoms with Crippen LogP contribution in [0, 0.1) is 5.92 Å². The Kier molecular flexibility index (Phi) is 4.07. The standard InChI is InChI=1S/C13H18N2OS/c1-10(2)7-8-17-13-14-11-5-3-4-6-12(11)15(13)9-16/h3-6,10,16H,7-9H2,1-2H3. The summed E-state index contributed by atoms with van der Waals surface area (Å²) in [6, 6.07) is 7.91. The predicted molar refractivity (Wildman–Crippen MR) is 72.1 cm³/mol. The van der Waals surface area contributed by atoms with Crippen LogP contribution in [0.15, 0.2) is 29.4 Å². The minimum Gasteiger partial charge on any atom is -0.376 e. The molecule has 1 N–H and O–H groups in total. The number of fused-ring (bicyclic) bond motifs is 1. The van der Waals surface area contributed by atoms with Gasteiger partial charge >= 0.3 is 0 Å². The maximum atomic E-state index is 9.42. The summed E-state index contributed by atoms with van der Waals surface area (Å²) in [4.78, 5) is 4.55. The van der Waals surface area contributed by atoms with Crippen LogP contribution in [0.4, 0.5) is 0 Å². The number of aliphatic hydroxyl groups is 1. The average Bonchev–Trinajstić information content (AvgIpc) is 2.66. The van der Waals surface area contributed by atoms with Gasteiger partial charge in [0.2, 0.25) is 0 Å². The third kappa shape index (κ3) is 2.82. The first kappa shape index (κ1) is 12.5. The van der Waals surface area contributed by atoms with Gasteiger partial charge in [0.25, 0.3) is 0 Å². The fourth-order valence-electron chi connectivity index (χ4n) is 1.69. The van der Waals surface area contributed by atoms with Crippen LogP contribution in [0.2, 0.25) is 0 Å². The van der Waals surface area contributed by atoms with Gasteiger partial charge in [-0.3, -0.25) is 4.57 Å². The summed E-state index contributed by atoms with van der Waals surface area (Å²) in [7, 11) is 0. The zero-order valence-corrected chi connectivity index (χ0v) is 11.1. The van der Waals surface area contributed by atoms with Crippen LogP contribution >= 0.6 is 11.8 Å². The molecule has 1 heterocycles. The number of imidazole rings is 1. The van der Waals surface area contributed by atoms with Crippen molar-refractivity contribution in [2.24, 2.45) is 5.92 Å². The van der Waals surface area contributed by atoms with Crippen molar-refractivity contribution in [2.45, 2.75) is 32.2 Å². The van der Waals surface area contributed by atoms with E-state index in [-0.39, 0.29) is 6.73 Å². The summed E-state index contributed by atoms with van der Waals surface area (Å²) in [5.41, 5.74) is 1.95. The molecule has 0 radical (unpaired) electrons. The molecule has 0 saturated carbocycles. The van der Waals surface area contributed by atoms with E-state index >= 15 is 0 Å². The zero-order chi connectivity index (χ0) is 12.3. The van der Waals surface area contributed by atoms with Crippen LogP contribution in [-0.2, 0) is 6.73 Å². The van der Waals surface area contributed by atoms with E-state index < -0.39 is 0 Å². The van der Waals surface area contributed by atoms with Gasteiger partial charge in [-0.15, -0.1) is 0 Å². The van der Waals surface area contributed by atoms with E-state index in [1.165, 1.54) is 6.42 Å². The van der Waals surface area contributed by atoms with Crippen LogP contribution in [0.5, 0.6) is 0 Å². The number of aliphatic hydroxyl groups excluding tert-OH is 1. The smallest absolute Gasteiger partial charge is 0.170 e. The van der Waals surface area contributed by atoms with Gasteiger partial charge in [0, 0.05) is 5.75 Å². The van der Waals surface area contributed by atoms with Crippen LogP contribution in [0.1, 0.15) is 20.3 Å². The highest BCUT2D eigenvalue weighted by Crippen LogP contribution is 2.24. The van der Waals surface area contributed by atoms with Crippen molar-refractivity contribution in [1.29, 1.82) is 0 Å². The maximum Gasteiger partial charge on any atom is 0.170 e. The molecule has 17 heavy (non-hydrogen) atoms. The molecule has 0 atom stereocenters. The van der Waals surface area contributed by atoms with Gasteiger partial charge in [-0.25, -0.2) is 4.98 Å². The van der Waals surface area contributed by atoms with E-state index in [4.69, 9.17) is 0 Å². The molecule has 0 bridgehead atoms. The normalized spacial score (nSPS) is 11.5.